The second-order valence-electron chi connectivity index (χ2n) is 4.10. The Morgan fingerprint density at radius 1 is 1.35 bits per heavy atom. The molecule has 0 saturated carbocycles. The largest absolute Gasteiger partial charge is 0.387 e. The molecule has 1 heterocycles. The van der Waals surface area contributed by atoms with E-state index in [0.717, 1.165) is 5.56 Å². The van der Waals surface area contributed by atoms with E-state index in [1.54, 1.807) is 24.3 Å². The minimum atomic E-state index is -0.715. The fraction of sp³-hybridized carbons (Fsp3) is 0.143. The lowest BCUT2D eigenvalue weighted by atomic mass is 10.2. The number of aliphatic hydroxyl groups is 1. The van der Waals surface area contributed by atoms with Gasteiger partial charge < -0.3 is 15.7 Å². The van der Waals surface area contributed by atoms with Gasteiger partial charge in [0.25, 0.3) is 0 Å². The normalized spacial score (nSPS) is 11.4. The number of carbonyl (C=O) groups is 1. The number of hydrogen-bond donors (Lipinski definition) is 3. The van der Waals surface area contributed by atoms with E-state index in [4.69, 9.17) is 5.26 Å². The summed E-state index contributed by atoms with van der Waals surface area (Å²) in [6, 6.07) is 9.95. The highest BCUT2D eigenvalue weighted by Gasteiger charge is 2.09. The van der Waals surface area contributed by atoms with E-state index in [-0.39, 0.29) is 6.54 Å². The molecule has 1 aromatic heterocycles. The Labute approximate surface area is 120 Å². The summed E-state index contributed by atoms with van der Waals surface area (Å²) < 4.78 is 0. The van der Waals surface area contributed by atoms with Crippen LogP contribution in [0.25, 0.3) is 0 Å². The Morgan fingerprint density at radius 2 is 2.10 bits per heavy atom. The van der Waals surface area contributed by atoms with Crippen LogP contribution in [-0.2, 0) is 0 Å². The van der Waals surface area contributed by atoms with Crippen LogP contribution in [0.15, 0.2) is 41.1 Å². The maximum Gasteiger partial charge on any atom is 0.319 e. The summed E-state index contributed by atoms with van der Waals surface area (Å²) in [5, 5.41) is 27.4. The monoisotopic (exact) mass is 287 g/mol. The smallest absolute Gasteiger partial charge is 0.319 e. The fourth-order valence-electron chi connectivity index (χ4n) is 1.58. The molecule has 0 fully saturated rings. The van der Waals surface area contributed by atoms with E-state index in [2.05, 4.69) is 10.6 Å². The molecule has 2 aromatic rings. The van der Waals surface area contributed by atoms with Crippen LogP contribution in [0.3, 0.4) is 0 Å². The second kappa shape index (κ2) is 6.70. The third-order valence-corrected chi connectivity index (χ3v) is 3.36. The summed E-state index contributed by atoms with van der Waals surface area (Å²) >= 11 is 1.49. The van der Waals surface area contributed by atoms with Gasteiger partial charge in [0.05, 0.1) is 17.7 Å². The summed E-state index contributed by atoms with van der Waals surface area (Å²) in [6.07, 6.45) is -0.715. The van der Waals surface area contributed by atoms with Gasteiger partial charge in [-0.05, 0) is 46.7 Å². The number of hydrogen-bond acceptors (Lipinski definition) is 4. The SMILES string of the molecule is N#Cc1ccc(NC(=O)NCC(O)c2ccsc2)cc1. The van der Waals surface area contributed by atoms with E-state index in [0.29, 0.717) is 11.3 Å². The zero-order valence-electron chi connectivity index (χ0n) is 10.5. The molecule has 0 aliphatic carbocycles. The van der Waals surface area contributed by atoms with Crippen LogP contribution >= 0.6 is 11.3 Å². The van der Waals surface area contributed by atoms with Gasteiger partial charge in [0.15, 0.2) is 0 Å². The molecule has 20 heavy (non-hydrogen) atoms. The van der Waals surface area contributed by atoms with Crippen molar-refractivity contribution < 1.29 is 9.90 Å². The van der Waals surface area contributed by atoms with Crippen LogP contribution < -0.4 is 10.6 Å². The summed E-state index contributed by atoms with van der Waals surface area (Å²) in [6.45, 7) is 0.138. The molecule has 2 rings (SSSR count). The Kier molecular flexibility index (Phi) is 4.71. The van der Waals surface area contributed by atoms with Gasteiger partial charge in [0.1, 0.15) is 0 Å². The Bertz CT molecular complexity index is 602. The van der Waals surface area contributed by atoms with Crippen molar-refractivity contribution in [3.05, 3.63) is 52.2 Å². The molecule has 1 atom stereocenters. The van der Waals surface area contributed by atoms with Gasteiger partial charge in [-0.1, -0.05) is 0 Å². The average Bonchev–Trinajstić information content (AvgIpc) is 3.00. The lowest BCUT2D eigenvalue weighted by molar-refractivity contribution is 0.175. The van der Waals surface area contributed by atoms with Crippen LogP contribution in [0.2, 0.25) is 0 Å². The number of carbonyl (C=O) groups excluding carboxylic acids is 1. The number of thiophene rings is 1. The maximum absolute atomic E-state index is 11.6. The van der Waals surface area contributed by atoms with Gasteiger partial charge in [-0.3, -0.25) is 0 Å². The van der Waals surface area contributed by atoms with E-state index in [1.165, 1.54) is 11.3 Å². The maximum atomic E-state index is 11.6. The summed E-state index contributed by atoms with van der Waals surface area (Å²) in [4.78, 5) is 11.6. The van der Waals surface area contributed by atoms with Crippen LogP contribution in [0.4, 0.5) is 10.5 Å². The Morgan fingerprint density at radius 3 is 2.70 bits per heavy atom. The predicted molar refractivity (Wildman–Crippen MR) is 77.5 cm³/mol. The molecule has 0 aliphatic heterocycles. The minimum absolute atomic E-state index is 0.138. The van der Waals surface area contributed by atoms with E-state index < -0.39 is 12.1 Å². The molecule has 0 bridgehead atoms. The molecule has 0 saturated heterocycles. The minimum Gasteiger partial charge on any atom is -0.387 e. The molecule has 3 N–H and O–H groups in total. The number of aliphatic hydroxyl groups excluding tert-OH is 1. The van der Waals surface area contributed by atoms with E-state index in [1.807, 2.05) is 22.9 Å². The Balaban J connectivity index is 1.82. The highest BCUT2D eigenvalue weighted by Crippen LogP contribution is 2.15. The average molecular weight is 287 g/mol. The second-order valence-corrected chi connectivity index (χ2v) is 4.88. The molecule has 5 nitrogen and oxygen atoms in total. The number of amides is 2. The van der Waals surface area contributed by atoms with E-state index >= 15 is 0 Å². The predicted octanol–water partition coefficient (Wildman–Crippen LogP) is 2.47. The topological polar surface area (TPSA) is 85.2 Å². The molecular formula is C14H13N3O2S. The summed E-state index contributed by atoms with van der Waals surface area (Å²) in [5.41, 5.74) is 1.91. The molecule has 2 amide bonds. The molecule has 102 valence electrons. The van der Waals surface area contributed by atoms with Crippen molar-refractivity contribution in [2.45, 2.75) is 6.10 Å². The first kappa shape index (κ1) is 14.1. The quantitative estimate of drug-likeness (QED) is 0.807. The van der Waals surface area contributed by atoms with Gasteiger partial charge >= 0.3 is 6.03 Å². The number of anilines is 1. The first-order valence-corrected chi connectivity index (χ1v) is 6.88. The van der Waals surface area contributed by atoms with Gasteiger partial charge in [-0.15, -0.1) is 0 Å². The number of nitrogens with one attached hydrogen (secondary N) is 2. The first-order chi connectivity index (χ1) is 9.69. The van der Waals surface area contributed by atoms with Crippen LogP contribution in [-0.4, -0.2) is 17.7 Å². The highest BCUT2D eigenvalue weighted by atomic mass is 32.1. The van der Waals surface area contributed by atoms with Gasteiger partial charge in [-0.25, -0.2) is 4.79 Å². The van der Waals surface area contributed by atoms with Gasteiger partial charge in [0.2, 0.25) is 0 Å². The fourth-order valence-corrected chi connectivity index (χ4v) is 2.28. The summed E-state index contributed by atoms with van der Waals surface area (Å²) in [7, 11) is 0. The van der Waals surface area contributed by atoms with E-state index in [9.17, 15) is 9.90 Å². The van der Waals surface area contributed by atoms with Crippen LogP contribution in [0.1, 0.15) is 17.2 Å². The number of benzene rings is 1. The zero-order valence-corrected chi connectivity index (χ0v) is 11.4. The lowest BCUT2D eigenvalue weighted by Gasteiger charge is -2.11. The third-order valence-electron chi connectivity index (χ3n) is 2.66. The van der Waals surface area contributed by atoms with Crippen molar-refractivity contribution >= 4 is 23.1 Å². The standard InChI is InChI=1S/C14H13N3O2S/c15-7-10-1-3-12(4-2-10)17-14(19)16-8-13(18)11-5-6-20-9-11/h1-6,9,13,18H,8H2,(H2,16,17,19). The first-order valence-electron chi connectivity index (χ1n) is 5.94. The third kappa shape index (κ3) is 3.82. The van der Waals surface area contributed by atoms with Crippen molar-refractivity contribution in [3.8, 4) is 6.07 Å². The van der Waals surface area contributed by atoms with Crippen molar-refractivity contribution in [3.63, 3.8) is 0 Å². The molecule has 6 heteroatoms. The molecule has 0 radical (unpaired) electrons. The molecule has 0 spiro atoms. The number of rotatable bonds is 4. The zero-order chi connectivity index (χ0) is 14.4. The molecule has 0 aliphatic rings. The van der Waals surface area contributed by atoms with Crippen molar-refractivity contribution in [1.29, 1.82) is 5.26 Å². The van der Waals surface area contributed by atoms with Crippen LogP contribution in [0, 0.1) is 11.3 Å². The lowest BCUT2D eigenvalue weighted by Crippen LogP contribution is -2.32. The number of nitrogens with zero attached hydrogens (tertiary/aromatic N) is 1. The van der Waals surface area contributed by atoms with Crippen molar-refractivity contribution in [2.75, 3.05) is 11.9 Å². The van der Waals surface area contributed by atoms with Crippen molar-refractivity contribution in [2.24, 2.45) is 0 Å². The number of nitriles is 1. The number of urea groups is 1. The van der Waals surface area contributed by atoms with Gasteiger partial charge in [0, 0.05) is 12.2 Å². The summed E-state index contributed by atoms with van der Waals surface area (Å²) in [5.74, 6) is 0. The highest BCUT2D eigenvalue weighted by molar-refractivity contribution is 7.07. The molecule has 1 unspecified atom stereocenters. The van der Waals surface area contributed by atoms with Crippen molar-refractivity contribution in [1.82, 2.24) is 5.32 Å². The van der Waals surface area contributed by atoms with Crippen LogP contribution in [0.5, 0.6) is 0 Å². The molecular weight excluding hydrogens is 274 g/mol. The Hall–Kier alpha value is -2.36. The molecule has 1 aromatic carbocycles. The van der Waals surface area contributed by atoms with Gasteiger partial charge in [-0.2, -0.15) is 16.6 Å².